The van der Waals surface area contributed by atoms with E-state index in [1.165, 1.54) is 32.4 Å². The molecule has 2 aliphatic rings. The molecule has 0 bridgehead atoms. The molecule has 2 fully saturated rings. The molecule has 1 aliphatic carbocycles. The number of benzene rings is 1. The smallest absolute Gasteiger partial charge is 0.276 e. The summed E-state index contributed by atoms with van der Waals surface area (Å²) in [6.45, 7) is 3.37. The number of rotatable bonds is 8. The molecule has 1 aliphatic heterocycles. The van der Waals surface area contributed by atoms with Gasteiger partial charge in [-0.25, -0.2) is 9.11 Å². The minimum absolute atomic E-state index is 0.0709. The molecule has 0 radical (unpaired) electrons. The summed E-state index contributed by atoms with van der Waals surface area (Å²) in [5.74, 6) is 1.17. The Bertz CT molecular complexity index is 761. The van der Waals surface area contributed by atoms with Crippen LogP contribution in [0.4, 0.5) is 4.39 Å². The van der Waals surface area contributed by atoms with E-state index in [1.807, 2.05) is 0 Å². The largest absolute Gasteiger partial charge is 0.303 e. The molecule has 0 unspecified atom stereocenters. The number of hydrogen-bond acceptors (Lipinski definition) is 3. The summed E-state index contributed by atoms with van der Waals surface area (Å²) in [5, 5.41) is 0. The predicted octanol–water partition coefficient (Wildman–Crippen LogP) is 3.85. The molecule has 1 aromatic carbocycles. The van der Waals surface area contributed by atoms with Crippen molar-refractivity contribution in [2.45, 2.75) is 57.4 Å². The van der Waals surface area contributed by atoms with Gasteiger partial charge in [-0.05, 0) is 107 Å². The summed E-state index contributed by atoms with van der Waals surface area (Å²) in [5.41, 5.74) is 1.08. The zero-order valence-corrected chi connectivity index (χ0v) is 19.6. The number of piperidine rings is 1. The van der Waals surface area contributed by atoms with Gasteiger partial charge in [-0.15, -0.1) is 0 Å². The first-order chi connectivity index (χ1) is 13.8. The van der Waals surface area contributed by atoms with Crippen LogP contribution in [-0.2, 0) is 16.6 Å². The first kappa shape index (κ1) is 23.1. The van der Waals surface area contributed by atoms with Crippen molar-refractivity contribution in [2.24, 2.45) is 11.8 Å². The topological polar surface area (TPSA) is 61.4 Å². The highest BCUT2D eigenvalue weighted by atomic mass is 79.9. The van der Waals surface area contributed by atoms with E-state index < -0.39 is 10.2 Å². The second-order valence-electron chi connectivity index (χ2n) is 8.56. The molecule has 29 heavy (non-hydrogen) atoms. The van der Waals surface area contributed by atoms with Gasteiger partial charge in [0.15, 0.2) is 0 Å². The molecular weight excluding hydrogens is 457 g/mol. The van der Waals surface area contributed by atoms with Crippen molar-refractivity contribution in [3.8, 4) is 0 Å². The van der Waals surface area contributed by atoms with Crippen LogP contribution in [0.5, 0.6) is 0 Å². The van der Waals surface area contributed by atoms with Crippen LogP contribution in [0.3, 0.4) is 0 Å². The Balaban J connectivity index is 1.34. The highest BCUT2D eigenvalue weighted by Crippen LogP contribution is 2.29. The van der Waals surface area contributed by atoms with Crippen LogP contribution in [0.15, 0.2) is 22.7 Å². The highest BCUT2D eigenvalue weighted by Gasteiger charge is 2.25. The van der Waals surface area contributed by atoms with E-state index >= 15 is 0 Å². The van der Waals surface area contributed by atoms with E-state index in [-0.39, 0.29) is 11.9 Å². The van der Waals surface area contributed by atoms with Gasteiger partial charge >= 0.3 is 0 Å². The van der Waals surface area contributed by atoms with E-state index in [4.69, 9.17) is 0 Å². The number of hydrogen-bond donors (Lipinski definition) is 2. The number of halogens is 2. The van der Waals surface area contributed by atoms with Crippen LogP contribution in [-0.4, -0.2) is 46.0 Å². The highest BCUT2D eigenvalue weighted by molar-refractivity contribution is 9.10. The van der Waals surface area contributed by atoms with E-state index in [9.17, 15) is 12.8 Å². The molecule has 1 heterocycles. The number of likely N-dealkylation sites (tertiary alicyclic amines) is 1. The molecule has 0 atom stereocenters. The van der Waals surface area contributed by atoms with E-state index in [0.29, 0.717) is 11.8 Å². The molecule has 0 aromatic heterocycles. The van der Waals surface area contributed by atoms with Gasteiger partial charge in [0.1, 0.15) is 5.82 Å². The summed E-state index contributed by atoms with van der Waals surface area (Å²) in [4.78, 5) is 2.56. The molecule has 8 heteroatoms. The summed E-state index contributed by atoms with van der Waals surface area (Å²) >= 11 is 3.54. The lowest BCUT2D eigenvalue weighted by atomic mass is 9.84. The van der Waals surface area contributed by atoms with Gasteiger partial charge in [-0.3, -0.25) is 0 Å². The molecular formula is C21H33BrFN3O2S. The fourth-order valence-electron chi connectivity index (χ4n) is 4.64. The Kier molecular flexibility index (Phi) is 8.51. The standard InChI is InChI=1S/C21H33BrFN3O2S/c1-24-29(27,28)25-20-5-2-16(3-6-20)8-11-26-12-9-17(10-13-26)14-18-15-19(23)4-7-21(18)22/h4,7,15-17,20,24-25H,2-3,5-6,8-14H2,1H3. The van der Waals surface area contributed by atoms with Gasteiger partial charge in [0, 0.05) is 17.6 Å². The molecule has 0 amide bonds. The van der Waals surface area contributed by atoms with Crippen molar-refractivity contribution >= 4 is 26.1 Å². The maximum absolute atomic E-state index is 13.5. The third-order valence-electron chi connectivity index (χ3n) is 6.51. The van der Waals surface area contributed by atoms with Crippen molar-refractivity contribution in [3.05, 3.63) is 34.1 Å². The van der Waals surface area contributed by atoms with Gasteiger partial charge in [0.2, 0.25) is 0 Å². The number of nitrogens with one attached hydrogen (secondary N) is 2. The lowest BCUT2D eigenvalue weighted by Crippen LogP contribution is -2.43. The Morgan fingerprint density at radius 3 is 2.45 bits per heavy atom. The SMILES string of the molecule is CNS(=O)(=O)NC1CCC(CCN2CCC(Cc3cc(F)ccc3Br)CC2)CC1. The second kappa shape index (κ2) is 10.7. The zero-order valence-electron chi connectivity index (χ0n) is 17.2. The summed E-state index contributed by atoms with van der Waals surface area (Å²) in [6, 6.07) is 5.03. The van der Waals surface area contributed by atoms with Gasteiger partial charge < -0.3 is 4.90 Å². The molecule has 1 saturated heterocycles. The van der Waals surface area contributed by atoms with Gasteiger partial charge in [0.05, 0.1) is 0 Å². The molecule has 5 nitrogen and oxygen atoms in total. The van der Waals surface area contributed by atoms with Crippen molar-refractivity contribution in [1.29, 1.82) is 0 Å². The second-order valence-corrected chi connectivity index (χ2v) is 11.1. The van der Waals surface area contributed by atoms with E-state index in [2.05, 4.69) is 30.3 Å². The van der Waals surface area contributed by atoms with Crippen molar-refractivity contribution in [2.75, 3.05) is 26.7 Å². The lowest BCUT2D eigenvalue weighted by Gasteiger charge is -2.34. The van der Waals surface area contributed by atoms with Crippen LogP contribution in [0.2, 0.25) is 0 Å². The molecule has 1 aromatic rings. The van der Waals surface area contributed by atoms with Gasteiger partial charge in [-0.1, -0.05) is 15.9 Å². The molecule has 1 saturated carbocycles. The van der Waals surface area contributed by atoms with Crippen LogP contribution in [0.1, 0.15) is 50.5 Å². The normalized spacial score (nSPS) is 24.7. The minimum atomic E-state index is -3.33. The van der Waals surface area contributed by atoms with Crippen molar-refractivity contribution in [3.63, 3.8) is 0 Å². The molecule has 2 N–H and O–H groups in total. The third kappa shape index (κ3) is 7.28. The Labute approximate surface area is 183 Å². The predicted molar refractivity (Wildman–Crippen MR) is 118 cm³/mol. The Morgan fingerprint density at radius 2 is 1.79 bits per heavy atom. The average molecular weight is 490 g/mol. The maximum atomic E-state index is 13.5. The molecule has 3 rings (SSSR count). The van der Waals surface area contributed by atoms with Crippen LogP contribution < -0.4 is 9.44 Å². The maximum Gasteiger partial charge on any atom is 0.276 e. The first-order valence-corrected chi connectivity index (χ1v) is 13.0. The fourth-order valence-corrected chi connectivity index (χ4v) is 5.84. The first-order valence-electron chi connectivity index (χ1n) is 10.7. The van der Waals surface area contributed by atoms with E-state index in [0.717, 1.165) is 61.8 Å². The van der Waals surface area contributed by atoms with Crippen molar-refractivity contribution in [1.82, 2.24) is 14.3 Å². The summed E-state index contributed by atoms with van der Waals surface area (Å²) in [7, 11) is -1.89. The Hall–Kier alpha value is -0.540. The summed E-state index contributed by atoms with van der Waals surface area (Å²) in [6.07, 6.45) is 8.53. The molecule has 0 spiro atoms. The monoisotopic (exact) mass is 489 g/mol. The third-order valence-corrected chi connectivity index (χ3v) is 8.47. The van der Waals surface area contributed by atoms with Crippen LogP contribution in [0, 0.1) is 17.7 Å². The quantitative estimate of drug-likeness (QED) is 0.582. The number of nitrogens with zero attached hydrogens (tertiary/aromatic N) is 1. The summed E-state index contributed by atoms with van der Waals surface area (Å²) < 4.78 is 42.8. The van der Waals surface area contributed by atoms with Crippen LogP contribution in [0.25, 0.3) is 0 Å². The minimum Gasteiger partial charge on any atom is -0.303 e. The zero-order chi connectivity index (χ0) is 20.9. The average Bonchev–Trinajstić information content (AvgIpc) is 2.71. The van der Waals surface area contributed by atoms with Gasteiger partial charge in [-0.2, -0.15) is 13.1 Å². The van der Waals surface area contributed by atoms with Gasteiger partial charge in [0.25, 0.3) is 10.2 Å². The molecule has 164 valence electrons. The Morgan fingerprint density at radius 1 is 1.10 bits per heavy atom. The fraction of sp³-hybridized carbons (Fsp3) is 0.714. The van der Waals surface area contributed by atoms with E-state index in [1.54, 1.807) is 12.1 Å². The van der Waals surface area contributed by atoms with Crippen LogP contribution >= 0.6 is 15.9 Å². The lowest BCUT2D eigenvalue weighted by molar-refractivity contribution is 0.164. The van der Waals surface area contributed by atoms with Crippen molar-refractivity contribution < 1.29 is 12.8 Å².